The van der Waals surface area contributed by atoms with E-state index >= 15 is 0 Å². The van der Waals surface area contributed by atoms with Crippen LogP contribution in [0.1, 0.15) is 0 Å². The number of rotatable bonds is 7. The van der Waals surface area contributed by atoms with Crippen LogP contribution in [-0.4, -0.2) is 4.57 Å². The number of anilines is 3. The molecule has 0 N–H and O–H groups in total. The van der Waals surface area contributed by atoms with E-state index in [0.717, 1.165) is 61.4 Å². The Morgan fingerprint density at radius 1 is 0.316 bits per heavy atom. The van der Waals surface area contributed by atoms with Gasteiger partial charge in [0.1, 0.15) is 11.2 Å². The van der Waals surface area contributed by atoms with Crippen molar-refractivity contribution in [1.82, 2.24) is 4.57 Å². The molecule has 0 radical (unpaired) electrons. The van der Waals surface area contributed by atoms with Gasteiger partial charge in [-0.05, 0) is 94.5 Å². The highest BCUT2D eigenvalue weighted by atomic mass is 16.3. The van der Waals surface area contributed by atoms with Crippen LogP contribution in [0.2, 0.25) is 0 Å². The number of aromatic nitrogens is 1. The number of fused-ring (bicyclic) bond motifs is 6. The van der Waals surface area contributed by atoms with Gasteiger partial charge in [0, 0.05) is 44.2 Å². The quantitative estimate of drug-likeness (QED) is 0.163. The van der Waals surface area contributed by atoms with Crippen molar-refractivity contribution in [2.45, 2.75) is 0 Å². The third-order valence-electron chi connectivity index (χ3n) is 11.2. The van der Waals surface area contributed by atoms with E-state index in [4.69, 9.17) is 4.42 Å². The molecule has 9 aromatic carbocycles. The molecule has 0 unspecified atom stereocenters. The second kappa shape index (κ2) is 13.6. The van der Waals surface area contributed by atoms with E-state index in [1.165, 1.54) is 38.5 Å². The number of furan rings is 1. The fourth-order valence-corrected chi connectivity index (χ4v) is 8.57. The molecule has 0 aliphatic rings. The largest absolute Gasteiger partial charge is 0.456 e. The molecule has 11 aromatic rings. The van der Waals surface area contributed by atoms with Crippen LogP contribution in [0.15, 0.2) is 223 Å². The Hall–Kier alpha value is -7.62. The first-order valence-electron chi connectivity index (χ1n) is 19.4. The molecule has 268 valence electrons. The Kier molecular flexibility index (Phi) is 7.82. The summed E-state index contributed by atoms with van der Waals surface area (Å²) < 4.78 is 8.64. The lowest BCUT2D eigenvalue weighted by Gasteiger charge is -2.26. The number of benzene rings is 9. The first kappa shape index (κ1) is 32.8. The zero-order valence-corrected chi connectivity index (χ0v) is 31.1. The molecule has 0 bridgehead atoms. The molecule has 0 aliphatic heterocycles. The third kappa shape index (κ3) is 5.60. The minimum Gasteiger partial charge on any atom is -0.456 e. The van der Waals surface area contributed by atoms with Crippen molar-refractivity contribution in [2.75, 3.05) is 4.90 Å². The van der Waals surface area contributed by atoms with Gasteiger partial charge in [0.15, 0.2) is 0 Å². The van der Waals surface area contributed by atoms with E-state index in [9.17, 15) is 0 Å². The summed E-state index contributed by atoms with van der Waals surface area (Å²) in [4.78, 5) is 2.34. The predicted molar refractivity (Wildman–Crippen MR) is 239 cm³/mol. The van der Waals surface area contributed by atoms with Crippen molar-refractivity contribution in [3.8, 4) is 39.1 Å². The maximum absolute atomic E-state index is 6.23. The van der Waals surface area contributed by atoms with E-state index < -0.39 is 0 Å². The molecule has 3 heteroatoms. The fraction of sp³-hybridized carbons (Fsp3) is 0. The Labute approximate surface area is 330 Å². The summed E-state index contributed by atoms with van der Waals surface area (Å²) in [5.74, 6) is 0. The van der Waals surface area contributed by atoms with E-state index in [1.54, 1.807) is 0 Å². The number of hydrogen-bond donors (Lipinski definition) is 0. The van der Waals surface area contributed by atoms with Crippen molar-refractivity contribution >= 4 is 60.8 Å². The minimum atomic E-state index is 0.901. The molecule has 0 saturated heterocycles. The number of nitrogens with zero attached hydrogens (tertiary/aromatic N) is 2. The fourth-order valence-electron chi connectivity index (χ4n) is 8.57. The van der Waals surface area contributed by atoms with Crippen molar-refractivity contribution < 1.29 is 4.42 Å². The molecule has 2 aromatic heterocycles. The van der Waals surface area contributed by atoms with Crippen LogP contribution < -0.4 is 4.90 Å². The van der Waals surface area contributed by atoms with Gasteiger partial charge in [-0.1, -0.05) is 152 Å². The van der Waals surface area contributed by atoms with Crippen LogP contribution in [0.4, 0.5) is 17.1 Å². The summed E-state index contributed by atoms with van der Waals surface area (Å²) in [7, 11) is 0. The first-order chi connectivity index (χ1) is 28.3. The molecule has 11 rings (SSSR count). The molecule has 3 nitrogen and oxygen atoms in total. The molecule has 0 aliphatic carbocycles. The van der Waals surface area contributed by atoms with E-state index in [1.807, 2.05) is 12.1 Å². The van der Waals surface area contributed by atoms with Gasteiger partial charge >= 0.3 is 0 Å². The average molecular weight is 729 g/mol. The maximum atomic E-state index is 6.23. The second-order valence-corrected chi connectivity index (χ2v) is 14.5. The van der Waals surface area contributed by atoms with Crippen LogP contribution in [0.3, 0.4) is 0 Å². The summed E-state index contributed by atoms with van der Waals surface area (Å²) in [5.41, 5.74) is 15.6. The van der Waals surface area contributed by atoms with Crippen molar-refractivity contribution in [3.05, 3.63) is 218 Å². The molecule has 57 heavy (non-hydrogen) atoms. The average Bonchev–Trinajstić information content (AvgIpc) is 3.84. The monoisotopic (exact) mass is 728 g/mol. The normalized spacial score (nSPS) is 11.5. The van der Waals surface area contributed by atoms with Crippen LogP contribution >= 0.6 is 0 Å². The molecule has 0 amide bonds. The minimum absolute atomic E-state index is 0.901. The lowest BCUT2D eigenvalue weighted by atomic mass is 9.99. The molecule has 0 spiro atoms. The highest BCUT2D eigenvalue weighted by molar-refractivity contribution is 6.12. The summed E-state index contributed by atoms with van der Waals surface area (Å²) >= 11 is 0. The lowest BCUT2D eigenvalue weighted by molar-refractivity contribution is 0.669. The smallest absolute Gasteiger partial charge is 0.136 e. The van der Waals surface area contributed by atoms with Gasteiger partial charge in [0.25, 0.3) is 0 Å². The van der Waals surface area contributed by atoms with Crippen molar-refractivity contribution in [1.29, 1.82) is 0 Å². The molecule has 2 heterocycles. The molecule has 0 saturated carbocycles. The third-order valence-corrected chi connectivity index (χ3v) is 11.2. The molecular weight excluding hydrogens is 693 g/mol. The number of hydrogen-bond acceptors (Lipinski definition) is 2. The summed E-state index contributed by atoms with van der Waals surface area (Å²) in [6, 6.07) is 78.1. The van der Waals surface area contributed by atoms with Gasteiger partial charge in [-0.15, -0.1) is 0 Å². The van der Waals surface area contributed by atoms with E-state index in [-0.39, 0.29) is 0 Å². The lowest BCUT2D eigenvalue weighted by Crippen LogP contribution is -2.09. The van der Waals surface area contributed by atoms with Crippen molar-refractivity contribution in [3.63, 3.8) is 0 Å². The van der Waals surface area contributed by atoms with E-state index in [0.29, 0.717) is 0 Å². The van der Waals surface area contributed by atoms with Gasteiger partial charge in [0.05, 0.1) is 16.7 Å². The van der Waals surface area contributed by atoms with Gasteiger partial charge < -0.3 is 13.9 Å². The Balaban J connectivity index is 1.01. The molecule has 0 atom stereocenters. The Morgan fingerprint density at radius 2 is 0.772 bits per heavy atom. The highest BCUT2D eigenvalue weighted by Gasteiger charge is 2.18. The zero-order valence-electron chi connectivity index (χ0n) is 31.1. The Morgan fingerprint density at radius 3 is 1.42 bits per heavy atom. The first-order valence-corrected chi connectivity index (χ1v) is 19.4. The number of para-hydroxylation sites is 4. The van der Waals surface area contributed by atoms with Gasteiger partial charge in [0.2, 0.25) is 0 Å². The standard InChI is InChI=1S/C54H36N2O/c1-2-13-37(14-3-1)38-25-31-41(32-26-38)55(43-35-29-40(30-36-43)45-19-12-24-53-54(45)48-18-7-11-23-52(48)57-53)42-33-27-39(28-34-42)44-15-4-8-20-49(44)56-50-21-9-5-16-46(50)47-17-6-10-22-51(47)56/h1-36H. The van der Waals surface area contributed by atoms with Crippen LogP contribution in [0, 0.1) is 0 Å². The van der Waals surface area contributed by atoms with Crippen molar-refractivity contribution in [2.24, 2.45) is 0 Å². The van der Waals surface area contributed by atoms with Gasteiger partial charge in [-0.2, -0.15) is 0 Å². The maximum Gasteiger partial charge on any atom is 0.136 e. The SMILES string of the molecule is c1ccc(-c2ccc(N(c3ccc(-c4ccccc4-n4c5ccccc5c5ccccc54)cc3)c3ccc(-c4cccc5oc6ccccc6c45)cc3)cc2)cc1. The van der Waals surface area contributed by atoms with Crippen LogP contribution in [-0.2, 0) is 0 Å². The summed E-state index contributed by atoms with van der Waals surface area (Å²) in [5, 5.41) is 4.79. The van der Waals surface area contributed by atoms with Crippen LogP contribution in [0.5, 0.6) is 0 Å². The van der Waals surface area contributed by atoms with Gasteiger partial charge in [-0.3, -0.25) is 0 Å². The summed E-state index contributed by atoms with van der Waals surface area (Å²) in [6.07, 6.45) is 0. The molecular formula is C54H36N2O. The highest BCUT2D eigenvalue weighted by Crippen LogP contribution is 2.41. The predicted octanol–water partition coefficient (Wildman–Crippen LogP) is 15.2. The van der Waals surface area contributed by atoms with Crippen LogP contribution in [0.25, 0.3) is 82.8 Å². The zero-order chi connectivity index (χ0) is 37.7. The molecule has 0 fully saturated rings. The Bertz CT molecular complexity index is 3160. The van der Waals surface area contributed by atoms with E-state index in [2.05, 4.69) is 216 Å². The van der Waals surface area contributed by atoms with Gasteiger partial charge in [-0.25, -0.2) is 0 Å². The summed E-state index contributed by atoms with van der Waals surface area (Å²) in [6.45, 7) is 0. The topological polar surface area (TPSA) is 21.3 Å². The second-order valence-electron chi connectivity index (χ2n) is 14.5.